The number of nitrogens with zero attached hydrogens (tertiary/aromatic N) is 3. The molecule has 84 valence electrons. The molecule has 0 spiro atoms. The number of rotatable bonds is 1. The molecule has 3 heterocycles. The molecule has 1 unspecified atom stereocenters. The maximum absolute atomic E-state index is 4.52. The Hall–Kier alpha value is -1.42. The third-order valence-corrected chi connectivity index (χ3v) is 3.42. The van der Waals surface area contributed by atoms with Crippen molar-refractivity contribution in [3.05, 3.63) is 23.7 Å². The second kappa shape index (κ2) is 3.56. The summed E-state index contributed by atoms with van der Waals surface area (Å²) >= 11 is 0. The first kappa shape index (κ1) is 9.78. The lowest BCUT2D eigenvalue weighted by Crippen LogP contribution is -2.13. The molecule has 1 aliphatic rings. The standard InChI is InChI=1S/C12H16N4/c1-8-15-11-6-9(10-4-3-5-13-10)7-14-12(11)16(8)2/h6-7,10,13H,3-5H2,1-2H3. The monoisotopic (exact) mass is 216 g/mol. The van der Waals surface area contributed by atoms with E-state index < -0.39 is 0 Å². The maximum atomic E-state index is 4.52. The molecule has 1 aliphatic heterocycles. The highest BCUT2D eigenvalue weighted by atomic mass is 15.1. The molecular formula is C12H16N4. The highest BCUT2D eigenvalue weighted by molar-refractivity contribution is 5.72. The van der Waals surface area contributed by atoms with E-state index in [1.807, 2.05) is 24.7 Å². The Kier molecular flexibility index (Phi) is 2.17. The van der Waals surface area contributed by atoms with Gasteiger partial charge in [-0.05, 0) is 37.9 Å². The Morgan fingerprint density at radius 3 is 3.12 bits per heavy atom. The average molecular weight is 216 g/mol. The predicted molar refractivity (Wildman–Crippen MR) is 63.2 cm³/mol. The van der Waals surface area contributed by atoms with Gasteiger partial charge in [-0.3, -0.25) is 0 Å². The van der Waals surface area contributed by atoms with Crippen LogP contribution in [0.1, 0.15) is 30.3 Å². The zero-order chi connectivity index (χ0) is 11.1. The smallest absolute Gasteiger partial charge is 0.159 e. The SMILES string of the molecule is Cc1nc2cc(C3CCCN3)cnc2n1C. The first-order chi connectivity index (χ1) is 7.75. The van der Waals surface area contributed by atoms with Crippen molar-refractivity contribution in [2.24, 2.45) is 7.05 Å². The van der Waals surface area contributed by atoms with E-state index in [9.17, 15) is 0 Å². The summed E-state index contributed by atoms with van der Waals surface area (Å²) in [5.74, 6) is 1.01. The van der Waals surface area contributed by atoms with Gasteiger partial charge in [0.15, 0.2) is 5.65 Å². The van der Waals surface area contributed by atoms with Crippen molar-refractivity contribution in [3.8, 4) is 0 Å². The van der Waals surface area contributed by atoms with Crippen molar-refractivity contribution in [1.82, 2.24) is 19.9 Å². The van der Waals surface area contributed by atoms with Gasteiger partial charge < -0.3 is 9.88 Å². The van der Waals surface area contributed by atoms with Gasteiger partial charge in [-0.1, -0.05) is 0 Å². The highest BCUT2D eigenvalue weighted by Gasteiger charge is 2.17. The molecule has 1 N–H and O–H groups in total. The number of aryl methyl sites for hydroxylation is 2. The summed E-state index contributed by atoms with van der Waals surface area (Å²) in [5, 5.41) is 3.48. The third kappa shape index (κ3) is 1.41. The molecule has 1 fully saturated rings. The molecule has 0 aromatic carbocycles. The van der Waals surface area contributed by atoms with Crippen LogP contribution in [0.15, 0.2) is 12.3 Å². The van der Waals surface area contributed by atoms with Gasteiger partial charge in [-0.25, -0.2) is 9.97 Å². The molecular weight excluding hydrogens is 200 g/mol. The fraction of sp³-hybridized carbons (Fsp3) is 0.500. The number of fused-ring (bicyclic) bond motifs is 1. The average Bonchev–Trinajstić information content (AvgIpc) is 2.88. The molecule has 0 amide bonds. The number of pyridine rings is 1. The van der Waals surface area contributed by atoms with E-state index in [-0.39, 0.29) is 0 Å². The van der Waals surface area contributed by atoms with Crippen LogP contribution >= 0.6 is 0 Å². The highest BCUT2D eigenvalue weighted by Crippen LogP contribution is 2.24. The van der Waals surface area contributed by atoms with Gasteiger partial charge in [0.1, 0.15) is 11.3 Å². The van der Waals surface area contributed by atoms with Gasteiger partial charge in [-0.15, -0.1) is 0 Å². The summed E-state index contributed by atoms with van der Waals surface area (Å²) < 4.78 is 2.03. The Labute approximate surface area is 94.7 Å². The van der Waals surface area contributed by atoms with Crippen LogP contribution in [0.25, 0.3) is 11.2 Å². The Balaban J connectivity index is 2.08. The molecule has 0 saturated carbocycles. The molecule has 3 rings (SSSR count). The molecule has 1 saturated heterocycles. The van der Waals surface area contributed by atoms with E-state index >= 15 is 0 Å². The van der Waals surface area contributed by atoms with Crippen LogP contribution in [0.2, 0.25) is 0 Å². The predicted octanol–water partition coefficient (Wildman–Crippen LogP) is 1.70. The van der Waals surface area contributed by atoms with E-state index in [1.165, 1.54) is 18.4 Å². The Morgan fingerprint density at radius 2 is 2.38 bits per heavy atom. The first-order valence-electron chi connectivity index (χ1n) is 5.78. The zero-order valence-corrected chi connectivity index (χ0v) is 9.70. The fourth-order valence-electron chi connectivity index (χ4n) is 2.36. The van der Waals surface area contributed by atoms with Gasteiger partial charge in [0.25, 0.3) is 0 Å². The molecule has 4 nitrogen and oxygen atoms in total. The van der Waals surface area contributed by atoms with Crippen LogP contribution < -0.4 is 5.32 Å². The second-order valence-electron chi connectivity index (χ2n) is 4.48. The molecule has 16 heavy (non-hydrogen) atoms. The third-order valence-electron chi connectivity index (χ3n) is 3.42. The largest absolute Gasteiger partial charge is 0.316 e. The van der Waals surface area contributed by atoms with Crippen molar-refractivity contribution in [2.75, 3.05) is 6.54 Å². The summed E-state index contributed by atoms with van der Waals surface area (Å²) in [6.45, 7) is 3.12. The summed E-state index contributed by atoms with van der Waals surface area (Å²) in [6.07, 6.45) is 4.44. The molecule has 0 aliphatic carbocycles. The summed E-state index contributed by atoms with van der Waals surface area (Å²) in [7, 11) is 2.01. The van der Waals surface area contributed by atoms with Gasteiger partial charge >= 0.3 is 0 Å². The van der Waals surface area contributed by atoms with Crippen molar-refractivity contribution in [2.45, 2.75) is 25.8 Å². The minimum absolute atomic E-state index is 0.471. The van der Waals surface area contributed by atoms with Crippen molar-refractivity contribution < 1.29 is 0 Å². The number of hydrogen-bond acceptors (Lipinski definition) is 3. The first-order valence-corrected chi connectivity index (χ1v) is 5.78. The molecule has 0 radical (unpaired) electrons. The molecule has 4 heteroatoms. The van der Waals surface area contributed by atoms with E-state index in [2.05, 4.69) is 21.4 Å². The van der Waals surface area contributed by atoms with E-state index in [0.29, 0.717) is 6.04 Å². The van der Waals surface area contributed by atoms with Crippen molar-refractivity contribution in [1.29, 1.82) is 0 Å². The summed E-state index contributed by atoms with van der Waals surface area (Å²) in [4.78, 5) is 9.02. The molecule has 2 aromatic rings. The normalized spacial score (nSPS) is 20.8. The molecule has 2 aromatic heterocycles. The number of aromatic nitrogens is 3. The van der Waals surface area contributed by atoms with Crippen LogP contribution in [-0.4, -0.2) is 21.1 Å². The topological polar surface area (TPSA) is 42.7 Å². The zero-order valence-electron chi connectivity index (χ0n) is 9.70. The fourth-order valence-corrected chi connectivity index (χ4v) is 2.36. The molecule has 0 bridgehead atoms. The van der Waals surface area contributed by atoms with E-state index in [4.69, 9.17) is 0 Å². The van der Waals surface area contributed by atoms with Gasteiger partial charge in [0, 0.05) is 19.3 Å². The summed E-state index contributed by atoms with van der Waals surface area (Å²) in [6, 6.07) is 2.64. The lowest BCUT2D eigenvalue weighted by atomic mass is 10.1. The van der Waals surface area contributed by atoms with Crippen LogP contribution in [0, 0.1) is 6.92 Å². The lowest BCUT2D eigenvalue weighted by Gasteiger charge is -2.09. The summed E-state index contributed by atoms with van der Waals surface area (Å²) in [5.41, 5.74) is 3.24. The van der Waals surface area contributed by atoms with Gasteiger partial charge in [-0.2, -0.15) is 0 Å². The second-order valence-corrected chi connectivity index (χ2v) is 4.48. The maximum Gasteiger partial charge on any atom is 0.159 e. The van der Waals surface area contributed by atoms with E-state index in [0.717, 1.165) is 23.5 Å². The van der Waals surface area contributed by atoms with E-state index in [1.54, 1.807) is 0 Å². The van der Waals surface area contributed by atoms with Crippen molar-refractivity contribution in [3.63, 3.8) is 0 Å². The Morgan fingerprint density at radius 1 is 1.50 bits per heavy atom. The quantitative estimate of drug-likeness (QED) is 0.789. The molecule has 1 atom stereocenters. The van der Waals surface area contributed by atoms with Crippen LogP contribution in [-0.2, 0) is 7.05 Å². The Bertz CT molecular complexity index is 523. The van der Waals surface area contributed by atoms with Gasteiger partial charge in [0.2, 0.25) is 0 Å². The lowest BCUT2D eigenvalue weighted by molar-refractivity contribution is 0.646. The minimum atomic E-state index is 0.471. The number of imidazole rings is 1. The number of hydrogen-bond donors (Lipinski definition) is 1. The van der Waals surface area contributed by atoms with Crippen LogP contribution in [0.5, 0.6) is 0 Å². The van der Waals surface area contributed by atoms with Gasteiger partial charge in [0.05, 0.1) is 0 Å². The minimum Gasteiger partial charge on any atom is -0.316 e. The van der Waals surface area contributed by atoms with Crippen LogP contribution in [0.4, 0.5) is 0 Å². The van der Waals surface area contributed by atoms with Crippen molar-refractivity contribution >= 4 is 11.2 Å². The van der Waals surface area contributed by atoms with Crippen LogP contribution in [0.3, 0.4) is 0 Å². The number of nitrogens with one attached hydrogen (secondary N) is 1.